The minimum absolute atomic E-state index is 0.240. The second kappa shape index (κ2) is 11.9. The number of carboxylic acids is 1. The van der Waals surface area contributed by atoms with E-state index in [-0.39, 0.29) is 11.6 Å². The Balaban J connectivity index is 1.38. The van der Waals surface area contributed by atoms with Crippen molar-refractivity contribution in [2.24, 2.45) is 0 Å². The predicted octanol–water partition coefficient (Wildman–Crippen LogP) is 5.35. The van der Waals surface area contributed by atoms with Crippen molar-refractivity contribution in [3.05, 3.63) is 82.4 Å². The molecule has 2 N–H and O–H groups in total. The van der Waals surface area contributed by atoms with E-state index in [1.165, 1.54) is 0 Å². The first-order chi connectivity index (χ1) is 17.9. The molecule has 9 heteroatoms. The number of hydrogen-bond acceptors (Lipinski definition) is 7. The third kappa shape index (κ3) is 6.44. The predicted molar refractivity (Wildman–Crippen MR) is 141 cm³/mol. The fourth-order valence-electron chi connectivity index (χ4n) is 3.75. The van der Waals surface area contributed by atoms with E-state index >= 15 is 0 Å². The summed E-state index contributed by atoms with van der Waals surface area (Å²) in [4.78, 5) is 25.3. The van der Waals surface area contributed by atoms with E-state index in [0.717, 1.165) is 32.0 Å². The van der Waals surface area contributed by atoms with Crippen LogP contribution in [0.5, 0.6) is 5.75 Å². The average Bonchev–Trinajstić information content (AvgIpc) is 3.55. The number of carbonyl (C=O) groups excluding carboxylic acids is 1. The number of carbonyl (C=O) groups is 2. The van der Waals surface area contributed by atoms with Gasteiger partial charge in [0.25, 0.3) is 5.91 Å². The van der Waals surface area contributed by atoms with Gasteiger partial charge in [-0.05, 0) is 48.7 Å². The molecule has 0 saturated heterocycles. The Labute approximate surface area is 218 Å². The van der Waals surface area contributed by atoms with Crippen LogP contribution in [0.4, 0.5) is 0 Å². The molecule has 192 valence electrons. The largest absolute Gasteiger partial charge is 0.488 e. The topological polar surface area (TPSA) is 111 Å². The Morgan fingerprint density at radius 2 is 1.78 bits per heavy atom. The third-order valence-electron chi connectivity index (χ3n) is 5.80. The zero-order valence-electron chi connectivity index (χ0n) is 20.8. The number of aliphatic carboxylic acids is 1. The summed E-state index contributed by atoms with van der Waals surface area (Å²) in [6, 6.07) is 19.1. The number of nitrogens with zero attached hydrogens (tertiary/aromatic N) is 1. The van der Waals surface area contributed by atoms with Crippen molar-refractivity contribution in [1.29, 1.82) is 0 Å². The fraction of sp³-hybridized carbons (Fsp3) is 0.250. The number of carboxylic acid groups (broad SMARTS) is 1. The van der Waals surface area contributed by atoms with Gasteiger partial charge in [-0.3, -0.25) is 4.79 Å². The number of ether oxygens (including phenoxy) is 2. The van der Waals surface area contributed by atoms with Crippen molar-refractivity contribution in [2.45, 2.75) is 33.0 Å². The quantitative estimate of drug-likeness (QED) is 0.274. The van der Waals surface area contributed by atoms with E-state index in [9.17, 15) is 14.7 Å². The summed E-state index contributed by atoms with van der Waals surface area (Å²) in [6.45, 7) is 4.63. The first kappa shape index (κ1) is 26.1. The number of nitrogens with one attached hydrogen (secondary N) is 1. The lowest BCUT2D eigenvalue weighted by molar-refractivity contribution is -0.149. The normalized spacial score (nSPS) is 11.8. The molecule has 8 nitrogen and oxygen atoms in total. The molecule has 0 spiro atoms. The molecule has 0 saturated carbocycles. The number of aromatic nitrogens is 1. The van der Waals surface area contributed by atoms with Gasteiger partial charge in [0.2, 0.25) is 0 Å². The number of hydrogen-bond donors (Lipinski definition) is 2. The van der Waals surface area contributed by atoms with Gasteiger partial charge in [-0.1, -0.05) is 41.6 Å². The summed E-state index contributed by atoms with van der Waals surface area (Å²) in [5, 5.41) is 15.6. The van der Waals surface area contributed by atoms with Crippen LogP contribution < -0.4 is 10.1 Å². The zero-order valence-corrected chi connectivity index (χ0v) is 21.6. The molecular weight excluding hydrogens is 492 g/mol. The van der Waals surface area contributed by atoms with Crippen LogP contribution in [0.15, 0.2) is 65.2 Å². The van der Waals surface area contributed by atoms with Crippen LogP contribution in [0.2, 0.25) is 0 Å². The number of thiophene rings is 1. The molecule has 0 bridgehead atoms. The van der Waals surface area contributed by atoms with Crippen molar-refractivity contribution < 1.29 is 28.7 Å². The Bertz CT molecular complexity index is 1360. The lowest BCUT2D eigenvalue weighted by atomic mass is 10.1. The monoisotopic (exact) mass is 520 g/mol. The SMILES string of the molecule is CCO[C@@H](Cc1ccc(OCc2sc(-c3ccc(-c4cc(C(=O)NC)no4)cc3)cc2C)cc1)C(=O)O. The highest BCUT2D eigenvalue weighted by atomic mass is 32.1. The van der Waals surface area contributed by atoms with Crippen molar-refractivity contribution in [3.63, 3.8) is 0 Å². The van der Waals surface area contributed by atoms with E-state index in [1.54, 1.807) is 31.4 Å². The number of amides is 1. The van der Waals surface area contributed by atoms with Gasteiger partial charge in [0.15, 0.2) is 17.6 Å². The minimum Gasteiger partial charge on any atom is -0.488 e. The van der Waals surface area contributed by atoms with Crippen molar-refractivity contribution in [3.8, 4) is 27.5 Å². The van der Waals surface area contributed by atoms with Gasteiger partial charge in [0.05, 0.1) is 0 Å². The highest BCUT2D eigenvalue weighted by Crippen LogP contribution is 2.33. The maximum Gasteiger partial charge on any atom is 0.333 e. The molecule has 4 rings (SSSR count). The fourth-order valence-corrected chi connectivity index (χ4v) is 4.85. The van der Waals surface area contributed by atoms with Gasteiger partial charge in [-0.15, -0.1) is 11.3 Å². The number of rotatable bonds is 11. The van der Waals surface area contributed by atoms with Gasteiger partial charge >= 0.3 is 5.97 Å². The second-order valence-electron chi connectivity index (χ2n) is 8.37. The smallest absolute Gasteiger partial charge is 0.333 e. The van der Waals surface area contributed by atoms with Crippen molar-refractivity contribution in [2.75, 3.05) is 13.7 Å². The first-order valence-electron chi connectivity index (χ1n) is 11.8. The van der Waals surface area contributed by atoms with Crippen LogP contribution in [0, 0.1) is 6.92 Å². The van der Waals surface area contributed by atoms with Crippen LogP contribution in [0.25, 0.3) is 21.8 Å². The Morgan fingerprint density at radius 3 is 2.43 bits per heavy atom. The summed E-state index contributed by atoms with van der Waals surface area (Å²) in [7, 11) is 1.55. The van der Waals surface area contributed by atoms with Crippen molar-refractivity contribution in [1.82, 2.24) is 10.5 Å². The molecular formula is C28H28N2O6S. The Hall–Kier alpha value is -3.95. The van der Waals surface area contributed by atoms with Crippen molar-refractivity contribution >= 4 is 23.2 Å². The van der Waals surface area contributed by atoms with E-state index in [2.05, 4.69) is 23.5 Å². The molecule has 2 aromatic carbocycles. The standard InChI is InChI=1S/C28H28N2O6S/c1-4-34-24(28(32)33)14-18-5-11-21(12-6-18)35-16-26-17(2)13-25(37-26)20-9-7-19(8-10-20)23-15-22(30-36-23)27(31)29-3/h5-13,15,24H,4,14,16H2,1-3H3,(H,29,31)(H,32,33)/t24-/m0/s1. The maximum atomic E-state index is 11.7. The summed E-state index contributed by atoms with van der Waals surface area (Å²) in [5.74, 6) is -0.00778. The van der Waals surface area contributed by atoms with Gasteiger partial charge in [0, 0.05) is 41.5 Å². The summed E-state index contributed by atoms with van der Waals surface area (Å²) in [5.41, 5.74) is 4.17. The van der Waals surface area contributed by atoms with E-state index in [1.807, 2.05) is 48.5 Å². The summed E-state index contributed by atoms with van der Waals surface area (Å²) >= 11 is 1.67. The number of benzene rings is 2. The summed E-state index contributed by atoms with van der Waals surface area (Å²) < 4.78 is 16.6. The highest BCUT2D eigenvalue weighted by Gasteiger charge is 2.18. The average molecular weight is 521 g/mol. The molecule has 4 aromatic rings. The molecule has 1 atom stereocenters. The van der Waals surface area contributed by atoms with Gasteiger partial charge < -0.3 is 24.4 Å². The molecule has 2 heterocycles. The maximum absolute atomic E-state index is 11.7. The van der Waals surface area contributed by atoms with E-state index in [4.69, 9.17) is 14.0 Å². The van der Waals surface area contributed by atoms with Crippen LogP contribution >= 0.6 is 11.3 Å². The van der Waals surface area contributed by atoms with Crippen LogP contribution in [-0.4, -0.2) is 41.9 Å². The van der Waals surface area contributed by atoms with Crippen LogP contribution in [-0.2, 0) is 22.6 Å². The molecule has 0 aliphatic carbocycles. The lowest BCUT2D eigenvalue weighted by Crippen LogP contribution is -2.26. The molecule has 0 aliphatic rings. The molecule has 2 aromatic heterocycles. The third-order valence-corrected chi connectivity index (χ3v) is 7.06. The zero-order chi connectivity index (χ0) is 26.4. The van der Waals surface area contributed by atoms with E-state index in [0.29, 0.717) is 31.1 Å². The lowest BCUT2D eigenvalue weighted by Gasteiger charge is -2.13. The van der Waals surface area contributed by atoms with E-state index < -0.39 is 12.1 Å². The minimum atomic E-state index is -0.964. The highest BCUT2D eigenvalue weighted by molar-refractivity contribution is 7.15. The Kier molecular flexibility index (Phi) is 8.37. The molecule has 37 heavy (non-hydrogen) atoms. The molecule has 0 fully saturated rings. The Morgan fingerprint density at radius 1 is 1.08 bits per heavy atom. The van der Waals surface area contributed by atoms with Crippen LogP contribution in [0.1, 0.15) is 33.4 Å². The molecule has 0 radical (unpaired) electrons. The molecule has 0 unspecified atom stereocenters. The van der Waals surface area contributed by atoms with Gasteiger partial charge in [-0.2, -0.15) is 0 Å². The second-order valence-corrected chi connectivity index (χ2v) is 9.51. The van der Waals surface area contributed by atoms with Gasteiger partial charge in [-0.25, -0.2) is 4.79 Å². The number of aryl methyl sites for hydroxylation is 1. The van der Waals surface area contributed by atoms with Crippen LogP contribution in [0.3, 0.4) is 0 Å². The molecule has 0 aliphatic heterocycles. The molecule has 1 amide bonds. The summed E-state index contributed by atoms with van der Waals surface area (Å²) in [6.07, 6.45) is -0.546. The first-order valence-corrected chi connectivity index (χ1v) is 12.6. The van der Waals surface area contributed by atoms with Gasteiger partial charge in [0.1, 0.15) is 12.4 Å².